The lowest BCUT2D eigenvalue weighted by Gasteiger charge is -2.17. The van der Waals surface area contributed by atoms with Gasteiger partial charge in [-0.2, -0.15) is 0 Å². The molecule has 1 atom stereocenters. The normalized spacial score (nSPS) is 12.4. The second kappa shape index (κ2) is 8.28. The van der Waals surface area contributed by atoms with Crippen LogP contribution in [0.4, 0.5) is 0 Å². The Morgan fingerprint density at radius 2 is 1.71 bits per heavy atom. The molecule has 6 heteroatoms. The molecular weight excluding hydrogens is 347 g/mol. The molecule has 112 valence electrons. The minimum Gasteiger partial charge on any atom is -0.271 e. The standard InChI is InChI=1S/C15H15Cl3N2S/c16-10-3-1-4-12(7-10)21-9-11(20-19)8-13-14(17)5-2-6-15(13)18/h1-7,11,20H,8-9,19H2. The zero-order valence-corrected chi connectivity index (χ0v) is 14.2. The van der Waals surface area contributed by atoms with Gasteiger partial charge < -0.3 is 0 Å². The Labute approximate surface area is 143 Å². The summed E-state index contributed by atoms with van der Waals surface area (Å²) in [5.41, 5.74) is 3.73. The largest absolute Gasteiger partial charge is 0.271 e. The van der Waals surface area contributed by atoms with Gasteiger partial charge in [0.05, 0.1) is 0 Å². The van der Waals surface area contributed by atoms with Crippen molar-refractivity contribution in [3.8, 4) is 0 Å². The van der Waals surface area contributed by atoms with E-state index in [1.807, 2.05) is 42.5 Å². The van der Waals surface area contributed by atoms with Gasteiger partial charge in [0.15, 0.2) is 0 Å². The van der Waals surface area contributed by atoms with Gasteiger partial charge in [0, 0.05) is 31.8 Å². The van der Waals surface area contributed by atoms with Gasteiger partial charge in [0.1, 0.15) is 0 Å². The smallest absolute Gasteiger partial charge is 0.0453 e. The molecule has 2 aromatic rings. The van der Waals surface area contributed by atoms with E-state index in [0.717, 1.165) is 21.2 Å². The van der Waals surface area contributed by atoms with Crippen molar-refractivity contribution >= 4 is 46.6 Å². The summed E-state index contributed by atoms with van der Waals surface area (Å²) in [5, 5.41) is 2.05. The minimum atomic E-state index is 0.0615. The molecule has 3 N–H and O–H groups in total. The van der Waals surface area contributed by atoms with E-state index in [1.54, 1.807) is 11.8 Å². The molecule has 0 saturated carbocycles. The van der Waals surface area contributed by atoms with Crippen LogP contribution >= 0.6 is 46.6 Å². The monoisotopic (exact) mass is 360 g/mol. The third-order valence-corrected chi connectivity index (χ3v) is 5.09. The molecule has 0 bridgehead atoms. The van der Waals surface area contributed by atoms with Crippen LogP contribution in [0.3, 0.4) is 0 Å². The van der Waals surface area contributed by atoms with Crippen molar-refractivity contribution in [1.29, 1.82) is 0 Å². The highest BCUT2D eigenvalue weighted by molar-refractivity contribution is 7.99. The lowest BCUT2D eigenvalue weighted by Crippen LogP contribution is -2.38. The maximum atomic E-state index is 6.19. The summed E-state index contributed by atoms with van der Waals surface area (Å²) in [4.78, 5) is 1.10. The molecule has 2 rings (SSSR count). The van der Waals surface area contributed by atoms with Crippen LogP contribution in [0.15, 0.2) is 47.4 Å². The first-order valence-electron chi connectivity index (χ1n) is 6.37. The molecule has 2 aromatic carbocycles. The van der Waals surface area contributed by atoms with Crippen molar-refractivity contribution in [3.63, 3.8) is 0 Å². The van der Waals surface area contributed by atoms with E-state index in [-0.39, 0.29) is 6.04 Å². The summed E-state index contributed by atoms with van der Waals surface area (Å²) in [7, 11) is 0. The first kappa shape index (κ1) is 16.9. The molecule has 0 amide bonds. The maximum absolute atomic E-state index is 6.19. The number of rotatable bonds is 6. The van der Waals surface area contributed by atoms with Gasteiger partial charge in [-0.1, -0.05) is 46.9 Å². The second-order valence-corrected chi connectivity index (χ2v) is 6.88. The molecule has 0 spiro atoms. The van der Waals surface area contributed by atoms with E-state index < -0.39 is 0 Å². The van der Waals surface area contributed by atoms with Crippen LogP contribution in [0.2, 0.25) is 15.1 Å². The molecule has 0 saturated heterocycles. The molecule has 0 aliphatic rings. The van der Waals surface area contributed by atoms with Crippen LogP contribution in [-0.4, -0.2) is 11.8 Å². The average Bonchev–Trinajstić information content (AvgIpc) is 2.46. The van der Waals surface area contributed by atoms with E-state index >= 15 is 0 Å². The van der Waals surface area contributed by atoms with Crippen LogP contribution in [0.5, 0.6) is 0 Å². The molecule has 0 aromatic heterocycles. The van der Waals surface area contributed by atoms with Gasteiger partial charge in [-0.15, -0.1) is 11.8 Å². The van der Waals surface area contributed by atoms with E-state index in [2.05, 4.69) is 5.43 Å². The Kier molecular flexibility index (Phi) is 6.68. The predicted molar refractivity (Wildman–Crippen MR) is 93.5 cm³/mol. The van der Waals surface area contributed by atoms with Gasteiger partial charge >= 0.3 is 0 Å². The zero-order valence-electron chi connectivity index (χ0n) is 11.2. The maximum Gasteiger partial charge on any atom is 0.0453 e. The number of nitrogens with two attached hydrogens (primary N) is 1. The summed E-state index contributed by atoms with van der Waals surface area (Å²) in [6.45, 7) is 0. The molecule has 1 unspecified atom stereocenters. The Hall–Kier alpha value is -0.420. The highest BCUT2D eigenvalue weighted by atomic mass is 35.5. The Morgan fingerprint density at radius 3 is 2.33 bits per heavy atom. The fourth-order valence-corrected chi connectivity index (χ4v) is 3.69. The van der Waals surface area contributed by atoms with Gasteiger partial charge in [0.2, 0.25) is 0 Å². The van der Waals surface area contributed by atoms with Crippen LogP contribution < -0.4 is 11.3 Å². The number of hydrazine groups is 1. The highest BCUT2D eigenvalue weighted by Gasteiger charge is 2.13. The van der Waals surface area contributed by atoms with Crippen molar-refractivity contribution in [2.24, 2.45) is 5.84 Å². The van der Waals surface area contributed by atoms with Crippen molar-refractivity contribution in [2.45, 2.75) is 17.4 Å². The van der Waals surface area contributed by atoms with Crippen molar-refractivity contribution in [1.82, 2.24) is 5.43 Å². The number of hydrogen-bond donors (Lipinski definition) is 2. The summed E-state index contributed by atoms with van der Waals surface area (Å²) in [5.74, 6) is 6.43. The fraction of sp³-hybridized carbons (Fsp3) is 0.200. The van der Waals surface area contributed by atoms with E-state index in [0.29, 0.717) is 16.5 Å². The van der Waals surface area contributed by atoms with Gasteiger partial charge in [-0.25, -0.2) is 0 Å². The predicted octanol–water partition coefficient (Wildman–Crippen LogP) is 4.81. The highest BCUT2D eigenvalue weighted by Crippen LogP contribution is 2.27. The van der Waals surface area contributed by atoms with E-state index in [4.69, 9.17) is 40.6 Å². The van der Waals surface area contributed by atoms with Gasteiger partial charge in [-0.3, -0.25) is 11.3 Å². The molecule has 0 aliphatic carbocycles. The van der Waals surface area contributed by atoms with Crippen molar-refractivity contribution < 1.29 is 0 Å². The van der Waals surface area contributed by atoms with E-state index in [1.165, 1.54) is 0 Å². The van der Waals surface area contributed by atoms with Gasteiger partial charge in [-0.05, 0) is 42.3 Å². The quantitative estimate of drug-likeness (QED) is 0.440. The van der Waals surface area contributed by atoms with Gasteiger partial charge in [0.25, 0.3) is 0 Å². The summed E-state index contributed by atoms with van der Waals surface area (Å²) in [6.07, 6.45) is 0.669. The molecule has 21 heavy (non-hydrogen) atoms. The number of thioether (sulfide) groups is 1. The second-order valence-electron chi connectivity index (χ2n) is 4.54. The molecule has 0 heterocycles. The lowest BCUT2D eigenvalue weighted by atomic mass is 10.1. The SMILES string of the molecule is NNC(CSc1cccc(Cl)c1)Cc1c(Cl)cccc1Cl. The lowest BCUT2D eigenvalue weighted by molar-refractivity contribution is 0.575. The molecular formula is C15H15Cl3N2S. The van der Waals surface area contributed by atoms with Crippen molar-refractivity contribution in [2.75, 3.05) is 5.75 Å². The number of benzene rings is 2. The Morgan fingerprint density at radius 1 is 1.05 bits per heavy atom. The van der Waals surface area contributed by atoms with Crippen molar-refractivity contribution in [3.05, 3.63) is 63.1 Å². The summed E-state index contributed by atoms with van der Waals surface area (Å²) < 4.78 is 0. The Balaban J connectivity index is 2.00. The summed E-state index contributed by atoms with van der Waals surface area (Å²) >= 11 is 20.0. The average molecular weight is 362 g/mol. The fourth-order valence-electron chi connectivity index (χ4n) is 1.89. The first-order chi connectivity index (χ1) is 10.1. The minimum absolute atomic E-state index is 0.0615. The molecule has 0 fully saturated rings. The third kappa shape index (κ3) is 5.06. The summed E-state index contributed by atoms with van der Waals surface area (Å²) in [6, 6.07) is 13.3. The number of halogens is 3. The molecule has 2 nitrogen and oxygen atoms in total. The van der Waals surface area contributed by atoms with E-state index in [9.17, 15) is 0 Å². The zero-order chi connectivity index (χ0) is 15.2. The molecule has 0 radical (unpaired) electrons. The Bertz CT molecular complexity index is 587. The van der Waals surface area contributed by atoms with Crippen LogP contribution in [-0.2, 0) is 6.42 Å². The van der Waals surface area contributed by atoms with Crippen LogP contribution in [0.25, 0.3) is 0 Å². The number of hydrogen-bond acceptors (Lipinski definition) is 3. The molecule has 0 aliphatic heterocycles. The van der Waals surface area contributed by atoms with Crippen LogP contribution in [0, 0.1) is 0 Å². The van der Waals surface area contributed by atoms with Crippen LogP contribution in [0.1, 0.15) is 5.56 Å². The third-order valence-electron chi connectivity index (χ3n) is 3.00. The number of nitrogens with one attached hydrogen (secondary N) is 1. The first-order valence-corrected chi connectivity index (χ1v) is 8.49. The topological polar surface area (TPSA) is 38.0 Å².